The van der Waals surface area contributed by atoms with Crippen molar-refractivity contribution >= 4 is 17.3 Å². The van der Waals surface area contributed by atoms with Gasteiger partial charge in [-0.3, -0.25) is 9.78 Å². The zero-order valence-electron chi connectivity index (χ0n) is 11.4. The predicted molar refractivity (Wildman–Crippen MR) is 76.5 cm³/mol. The number of hydrogen-bond donors (Lipinski definition) is 0. The zero-order valence-corrected chi connectivity index (χ0v) is 11.4. The average Bonchev–Trinajstić information content (AvgIpc) is 2.84. The van der Waals surface area contributed by atoms with Gasteiger partial charge >= 0.3 is 0 Å². The average molecular weight is 266 g/mol. The summed E-state index contributed by atoms with van der Waals surface area (Å²) in [6.07, 6.45) is 6.84. The van der Waals surface area contributed by atoms with Crippen molar-refractivity contribution in [3.63, 3.8) is 0 Å². The summed E-state index contributed by atoms with van der Waals surface area (Å²) in [6.45, 7) is 2.03. The third-order valence-corrected chi connectivity index (χ3v) is 3.32. The maximum atomic E-state index is 11.2. The molecular formula is C15H14N4O. The van der Waals surface area contributed by atoms with Gasteiger partial charge < -0.3 is 4.57 Å². The molecule has 3 rings (SSSR count). The standard InChI is InChI=1S/C15H14N4O/c1-3-12-13-11(9-20)8-19(2)15(13)18-14(17-12)10-4-6-16-7-5-10/h4-9H,3H2,1-2H3. The summed E-state index contributed by atoms with van der Waals surface area (Å²) in [5.74, 6) is 0.662. The molecule has 0 aliphatic rings. The maximum Gasteiger partial charge on any atom is 0.161 e. The molecule has 0 saturated heterocycles. The summed E-state index contributed by atoms with van der Waals surface area (Å²) in [5.41, 5.74) is 3.24. The highest BCUT2D eigenvalue weighted by molar-refractivity contribution is 5.98. The number of fused-ring (bicyclic) bond motifs is 1. The summed E-state index contributed by atoms with van der Waals surface area (Å²) >= 11 is 0. The van der Waals surface area contributed by atoms with Crippen LogP contribution in [-0.4, -0.2) is 25.8 Å². The van der Waals surface area contributed by atoms with Crippen LogP contribution in [-0.2, 0) is 13.5 Å². The van der Waals surface area contributed by atoms with Gasteiger partial charge in [0.1, 0.15) is 5.65 Å². The lowest BCUT2D eigenvalue weighted by atomic mass is 10.1. The second kappa shape index (κ2) is 4.85. The largest absolute Gasteiger partial charge is 0.335 e. The maximum absolute atomic E-state index is 11.2. The predicted octanol–water partition coefficient (Wildman–Crippen LogP) is 2.41. The summed E-state index contributed by atoms with van der Waals surface area (Å²) < 4.78 is 1.87. The number of carbonyl (C=O) groups is 1. The quantitative estimate of drug-likeness (QED) is 0.683. The number of carbonyl (C=O) groups excluding carboxylic acids is 1. The van der Waals surface area contributed by atoms with Crippen LogP contribution in [0.25, 0.3) is 22.4 Å². The van der Waals surface area contributed by atoms with Crippen molar-refractivity contribution in [1.82, 2.24) is 19.5 Å². The Balaban J connectivity index is 2.33. The molecule has 0 fully saturated rings. The number of nitrogens with zero attached hydrogens (tertiary/aromatic N) is 4. The van der Waals surface area contributed by atoms with Crippen LogP contribution >= 0.6 is 0 Å². The minimum absolute atomic E-state index is 0.639. The number of aldehydes is 1. The molecule has 100 valence electrons. The van der Waals surface area contributed by atoms with Crippen molar-refractivity contribution in [1.29, 1.82) is 0 Å². The molecule has 5 nitrogen and oxygen atoms in total. The number of rotatable bonds is 3. The van der Waals surface area contributed by atoms with Crippen molar-refractivity contribution in [2.75, 3.05) is 0 Å². The van der Waals surface area contributed by atoms with Crippen LogP contribution in [0, 0.1) is 0 Å². The first-order chi connectivity index (χ1) is 9.74. The topological polar surface area (TPSA) is 60.7 Å². The van der Waals surface area contributed by atoms with Gasteiger partial charge in [0.25, 0.3) is 0 Å². The van der Waals surface area contributed by atoms with E-state index >= 15 is 0 Å². The molecule has 0 aliphatic carbocycles. The lowest BCUT2D eigenvalue weighted by Crippen LogP contribution is -1.99. The van der Waals surface area contributed by atoms with Gasteiger partial charge in [-0.1, -0.05) is 6.92 Å². The van der Waals surface area contributed by atoms with E-state index in [4.69, 9.17) is 0 Å². The molecular weight excluding hydrogens is 252 g/mol. The highest BCUT2D eigenvalue weighted by Gasteiger charge is 2.15. The fraction of sp³-hybridized carbons (Fsp3) is 0.200. The molecule has 0 amide bonds. The number of aryl methyl sites for hydroxylation is 2. The van der Waals surface area contributed by atoms with E-state index in [0.29, 0.717) is 11.4 Å². The lowest BCUT2D eigenvalue weighted by molar-refractivity contribution is 0.112. The zero-order chi connectivity index (χ0) is 14.1. The Morgan fingerprint density at radius 2 is 2.00 bits per heavy atom. The fourth-order valence-corrected chi connectivity index (χ4v) is 2.35. The van der Waals surface area contributed by atoms with Crippen molar-refractivity contribution in [3.8, 4) is 11.4 Å². The third-order valence-electron chi connectivity index (χ3n) is 3.32. The van der Waals surface area contributed by atoms with Crippen LogP contribution in [0.4, 0.5) is 0 Å². The molecule has 0 aromatic carbocycles. The minimum atomic E-state index is 0.639. The summed E-state index contributed by atoms with van der Waals surface area (Å²) in [4.78, 5) is 24.4. The Morgan fingerprint density at radius 1 is 1.25 bits per heavy atom. The van der Waals surface area contributed by atoms with E-state index in [1.165, 1.54) is 0 Å². The molecule has 0 radical (unpaired) electrons. The van der Waals surface area contributed by atoms with Gasteiger partial charge in [0, 0.05) is 36.8 Å². The van der Waals surface area contributed by atoms with E-state index in [1.54, 1.807) is 18.6 Å². The lowest BCUT2D eigenvalue weighted by Gasteiger charge is -2.06. The fourth-order valence-electron chi connectivity index (χ4n) is 2.35. The van der Waals surface area contributed by atoms with Gasteiger partial charge in [-0.05, 0) is 18.6 Å². The van der Waals surface area contributed by atoms with Crippen molar-refractivity contribution in [2.24, 2.45) is 7.05 Å². The summed E-state index contributed by atoms with van der Waals surface area (Å²) in [7, 11) is 1.89. The molecule has 5 heteroatoms. The van der Waals surface area contributed by atoms with Crippen LogP contribution in [0.2, 0.25) is 0 Å². The molecule has 0 saturated carbocycles. The van der Waals surface area contributed by atoms with E-state index in [2.05, 4.69) is 15.0 Å². The normalized spacial score (nSPS) is 10.9. The molecule has 3 aromatic heterocycles. The smallest absolute Gasteiger partial charge is 0.161 e. The first-order valence-corrected chi connectivity index (χ1v) is 6.46. The van der Waals surface area contributed by atoms with E-state index < -0.39 is 0 Å². The van der Waals surface area contributed by atoms with Crippen molar-refractivity contribution in [3.05, 3.63) is 42.0 Å². The molecule has 3 aromatic rings. The molecule has 0 bridgehead atoms. The highest BCUT2D eigenvalue weighted by Crippen LogP contribution is 2.25. The van der Waals surface area contributed by atoms with Crippen LogP contribution in [0.3, 0.4) is 0 Å². The molecule has 0 spiro atoms. The first-order valence-electron chi connectivity index (χ1n) is 6.46. The van der Waals surface area contributed by atoms with Crippen molar-refractivity contribution in [2.45, 2.75) is 13.3 Å². The van der Waals surface area contributed by atoms with Gasteiger partial charge in [0.2, 0.25) is 0 Å². The Hall–Kier alpha value is -2.56. The second-order valence-corrected chi connectivity index (χ2v) is 4.60. The number of pyridine rings is 1. The SMILES string of the molecule is CCc1nc(-c2ccncc2)nc2c1c(C=O)cn2C. The van der Waals surface area contributed by atoms with E-state index in [1.807, 2.05) is 30.7 Å². The minimum Gasteiger partial charge on any atom is -0.335 e. The van der Waals surface area contributed by atoms with Crippen LogP contribution < -0.4 is 0 Å². The summed E-state index contributed by atoms with van der Waals surface area (Å²) in [5, 5.41) is 0.850. The van der Waals surface area contributed by atoms with E-state index in [0.717, 1.165) is 35.0 Å². The van der Waals surface area contributed by atoms with Gasteiger partial charge in [0.05, 0.1) is 11.1 Å². The molecule has 0 atom stereocenters. The Kier molecular flexibility index (Phi) is 3.02. The van der Waals surface area contributed by atoms with Gasteiger partial charge in [-0.15, -0.1) is 0 Å². The Labute approximate surface area is 116 Å². The van der Waals surface area contributed by atoms with Gasteiger partial charge in [-0.25, -0.2) is 9.97 Å². The number of hydrogen-bond acceptors (Lipinski definition) is 4. The van der Waals surface area contributed by atoms with Gasteiger partial charge in [0.15, 0.2) is 12.1 Å². The van der Waals surface area contributed by atoms with Crippen LogP contribution in [0.5, 0.6) is 0 Å². The Morgan fingerprint density at radius 3 is 2.65 bits per heavy atom. The van der Waals surface area contributed by atoms with Gasteiger partial charge in [-0.2, -0.15) is 0 Å². The monoisotopic (exact) mass is 266 g/mol. The summed E-state index contributed by atoms with van der Waals surface area (Å²) in [6, 6.07) is 3.76. The van der Waals surface area contributed by atoms with Crippen LogP contribution in [0.1, 0.15) is 23.0 Å². The molecule has 0 unspecified atom stereocenters. The Bertz CT molecular complexity index is 777. The van der Waals surface area contributed by atoms with Crippen molar-refractivity contribution < 1.29 is 4.79 Å². The molecule has 3 heterocycles. The first kappa shape index (κ1) is 12.5. The third kappa shape index (κ3) is 1.87. The van der Waals surface area contributed by atoms with Crippen LogP contribution in [0.15, 0.2) is 30.7 Å². The molecule has 0 aliphatic heterocycles. The van der Waals surface area contributed by atoms with E-state index in [9.17, 15) is 4.79 Å². The van der Waals surface area contributed by atoms with E-state index in [-0.39, 0.29) is 0 Å². The highest BCUT2D eigenvalue weighted by atomic mass is 16.1. The number of aromatic nitrogens is 4. The molecule has 0 N–H and O–H groups in total. The molecule has 20 heavy (non-hydrogen) atoms. The second-order valence-electron chi connectivity index (χ2n) is 4.60.